The van der Waals surface area contributed by atoms with Crippen molar-refractivity contribution in [2.75, 3.05) is 0 Å². The fraction of sp³-hybridized carbons (Fsp3) is 0.200. The molecule has 1 heterocycles. The van der Waals surface area contributed by atoms with Crippen LogP contribution in [0.1, 0.15) is 34.6 Å². The molecule has 1 aromatic heterocycles. The molecule has 0 radical (unpaired) electrons. The summed E-state index contributed by atoms with van der Waals surface area (Å²) in [7, 11) is 0. The van der Waals surface area contributed by atoms with Gasteiger partial charge in [0.15, 0.2) is 0 Å². The average Bonchev–Trinajstić information content (AvgIpc) is 2.91. The van der Waals surface area contributed by atoms with Crippen molar-refractivity contribution in [2.24, 2.45) is 0 Å². The van der Waals surface area contributed by atoms with Crippen molar-refractivity contribution in [1.82, 2.24) is 0 Å². The van der Waals surface area contributed by atoms with E-state index in [-0.39, 0.29) is 17.1 Å². The Labute approximate surface area is 120 Å². The van der Waals surface area contributed by atoms with Crippen molar-refractivity contribution in [1.29, 1.82) is 0 Å². The monoisotopic (exact) mass is 290 g/mol. The summed E-state index contributed by atoms with van der Waals surface area (Å²) in [6, 6.07) is 7.80. The standard InChI is InChI=1S/C15H14O4S/c1-15(2,14(18)19)10-8-9(5-6-11(10)16)13(17)12-4-3-7-20-12/h3-8,16H,1-2H3,(H,18,19). The quantitative estimate of drug-likeness (QED) is 0.849. The number of carbonyl (C=O) groups is 2. The van der Waals surface area contributed by atoms with E-state index in [1.807, 2.05) is 0 Å². The largest absolute Gasteiger partial charge is 0.508 e. The summed E-state index contributed by atoms with van der Waals surface area (Å²) < 4.78 is 0. The summed E-state index contributed by atoms with van der Waals surface area (Å²) in [4.78, 5) is 24.1. The van der Waals surface area contributed by atoms with Crippen molar-refractivity contribution < 1.29 is 19.8 Å². The lowest BCUT2D eigenvalue weighted by atomic mass is 9.83. The number of carboxylic acids is 1. The lowest BCUT2D eigenvalue weighted by molar-refractivity contribution is -0.142. The number of carboxylic acid groups (broad SMARTS) is 1. The molecule has 2 aromatic rings. The molecule has 1 aromatic carbocycles. The van der Waals surface area contributed by atoms with E-state index in [0.29, 0.717) is 10.4 Å². The van der Waals surface area contributed by atoms with Gasteiger partial charge in [0.25, 0.3) is 0 Å². The highest BCUT2D eigenvalue weighted by molar-refractivity contribution is 7.12. The van der Waals surface area contributed by atoms with Crippen molar-refractivity contribution in [2.45, 2.75) is 19.3 Å². The van der Waals surface area contributed by atoms with Crippen LogP contribution in [0.25, 0.3) is 0 Å². The molecule has 20 heavy (non-hydrogen) atoms. The maximum absolute atomic E-state index is 12.2. The van der Waals surface area contributed by atoms with Gasteiger partial charge in [0.1, 0.15) is 5.75 Å². The number of carbonyl (C=O) groups excluding carboxylic acids is 1. The Kier molecular flexibility index (Phi) is 3.63. The van der Waals surface area contributed by atoms with Crippen LogP contribution in [0.15, 0.2) is 35.7 Å². The van der Waals surface area contributed by atoms with Gasteiger partial charge in [0.2, 0.25) is 5.78 Å². The smallest absolute Gasteiger partial charge is 0.313 e. The second kappa shape index (κ2) is 5.09. The molecular formula is C15H14O4S. The second-order valence-corrected chi connectivity index (χ2v) is 5.92. The maximum Gasteiger partial charge on any atom is 0.313 e. The highest BCUT2D eigenvalue weighted by atomic mass is 32.1. The maximum atomic E-state index is 12.2. The molecule has 0 saturated carbocycles. The van der Waals surface area contributed by atoms with E-state index in [4.69, 9.17) is 0 Å². The van der Waals surface area contributed by atoms with Crippen LogP contribution in [0, 0.1) is 0 Å². The van der Waals surface area contributed by atoms with Gasteiger partial charge >= 0.3 is 5.97 Å². The number of aromatic hydroxyl groups is 1. The normalized spacial score (nSPS) is 11.3. The van der Waals surface area contributed by atoms with E-state index < -0.39 is 11.4 Å². The first-order valence-corrected chi connectivity index (χ1v) is 6.87. The topological polar surface area (TPSA) is 74.6 Å². The Morgan fingerprint density at radius 1 is 1.20 bits per heavy atom. The summed E-state index contributed by atoms with van der Waals surface area (Å²) in [6.45, 7) is 2.98. The Morgan fingerprint density at radius 3 is 2.45 bits per heavy atom. The molecule has 0 amide bonds. The predicted molar refractivity (Wildman–Crippen MR) is 76.5 cm³/mol. The van der Waals surface area contributed by atoms with Crippen LogP contribution in [-0.4, -0.2) is 22.0 Å². The fourth-order valence-corrected chi connectivity index (χ4v) is 2.53. The molecule has 104 valence electrons. The van der Waals surface area contributed by atoms with Crippen molar-refractivity contribution in [3.8, 4) is 5.75 Å². The first-order chi connectivity index (χ1) is 9.34. The van der Waals surface area contributed by atoms with Crippen LogP contribution in [0.2, 0.25) is 0 Å². The molecule has 0 aliphatic carbocycles. The number of thiophene rings is 1. The summed E-state index contributed by atoms with van der Waals surface area (Å²) >= 11 is 1.32. The molecule has 0 fully saturated rings. The van der Waals surface area contributed by atoms with E-state index in [0.717, 1.165) is 0 Å². The molecule has 0 aliphatic heterocycles. The van der Waals surface area contributed by atoms with Crippen molar-refractivity contribution in [3.05, 3.63) is 51.7 Å². The van der Waals surface area contributed by atoms with Gasteiger partial charge in [0.05, 0.1) is 10.3 Å². The summed E-state index contributed by atoms with van der Waals surface area (Å²) in [5.41, 5.74) is -0.669. The SMILES string of the molecule is CC(C)(C(=O)O)c1cc(C(=O)c2cccs2)ccc1O. The molecule has 5 heteroatoms. The average molecular weight is 290 g/mol. The predicted octanol–water partition coefficient (Wildman–Crippen LogP) is 3.05. The zero-order valence-electron chi connectivity index (χ0n) is 11.1. The van der Waals surface area contributed by atoms with Gasteiger partial charge in [0, 0.05) is 11.1 Å². The van der Waals surface area contributed by atoms with Crippen LogP contribution in [0.5, 0.6) is 5.75 Å². The Morgan fingerprint density at radius 2 is 1.90 bits per heavy atom. The lowest BCUT2D eigenvalue weighted by Gasteiger charge is -2.21. The van der Waals surface area contributed by atoms with Gasteiger partial charge in [-0.2, -0.15) is 0 Å². The van der Waals surface area contributed by atoms with Crippen LogP contribution < -0.4 is 0 Å². The first-order valence-electron chi connectivity index (χ1n) is 5.99. The molecule has 4 nitrogen and oxygen atoms in total. The number of rotatable bonds is 4. The number of ketones is 1. The van der Waals surface area contributed by atoms with Gasteiger partial charge in [-0.1, -0.05) is 6.07 Å². The van der Waals surface area contributed by atoms with Gasteiger partial charge in [-0.25, -0.2) is 0 Å². The minimum Gasteiger partial charge on any atom is -0.508 e. The molecule has 0 saturated heterocycles. The number of benzene rings is 1. The van der Waals surface area contributed by atoms with E-state index in [9.17, 15) is 19.8 Å². The number of phenols is 1. The number of hydrogen-bond acceptors (Lipinski definition) is 4. The summed E-state index contributed by atoms with van der Waals surface area (Å²) in [5.74, 6) is -1.36. The van der Waals surface area contributed by atoms with Gasteiger partial charge in [-0.05, 0) is 43.5 Å². The third-order valence-electron chi connectivity index (χ3n) is 3.21. The second-order valence-electron chi connectivity index (χ2n) is 4.97. The highest BCUT2D eigenvalue weighted by Gasteiger charge is 2.32. The van der Waals surface area contributed by atoms with Gasteiger partial charge in [-0.3, -0.25) is 9.59 Å². The molecule has 0 spiro atoms. The number of hydrogen-bond donors (Lipinski definition) is 2. The lowest BCUT2D eigenvalue weighted by Crippen LogP contribution is -2.28. The van der Waals surface area contributed by atoms with Crippen LogP contribution in [-0.2, 0) is 10.2 Å². The molecule has 0 atom stereocenters. The molecule has 2 N–H and O–H groups in total. The number of aliphatic carboxylic acids is 1. The minimum absolute atomic E-state index is 0.125. The van der Waals surface area contributed by atoms with E-state index in [1.54, 1.807) is 17.5 Å². The van der Waals surface area contributed by atoms with Crippen molar-refractivity contribution in [3.63, 3.8) is 0 Å². The summed E-state index contributed by atoms with van der Waals surface area (Å²) in [5, 5.41) is 20.9. The zero-order valence-corrected chi connectivity index (χ0v) is 11.9. The summed E-state index contributed by atoms with van der Waals surface area (Å²) in [6.07, 6.45) is 0. The minimum atomic E-state index is -1.27. The van der Waals surface area contributed by atoms with Crippen LogP contribution in [0.3, 0.4) is 0 Å². The van der Waals surface area contributed by atoms with Crippen molar-refractivity contribution >= 4 is 23.1 Å². The zero-order chi connectivity index (χ0) is 14.9. The Hall–Kier alpha value is -2.14. The molecule has 0 aliphatic rings. The van der Waals surface area contributed by atoms with Gasteiger partial charge in [-0.15, -0.1) is 11.3 Å². The third-order valence-corrected chi connectivity index (χ3v) is 4.08. The fourth-order valence-electron chi connectivity index (χ4n) is 1.84. The van der Waals surface area contributed by atoms with E-state index in [1.165, 1.54) is 43.4 Å². The van der Waals surface area contributed by atoms with Crippen LogP contribution >= 0.6 is 11.3 Å². The molecule has 0 bridgehead atoms. The van der Waals surface area contributed by atoms with E-state index in [2.05, 4.69) is 0 Å². The Balaban J connectivity index is 2.49. The first kappa shape index (κ1) is 14.3. The molecular weight excluding hydrogens is 276 g/mol. The van der Waals surface area contributed by atoms with E-state index >= 15 is 0 Å². The highest BCUT2D eigenvalue weighted by Crippen LogP contribution is 2.32. The molecule has 0 unspecified atom stereocenters. The number of phenolic OH excluding ortho intramolecular Hbond substituents is 1. The van der Waals surface area contributed by atoms with Gasteiger partial charge < -0.3 is 10.2 Å². The third kappa shape index (κ3) is 2.44. The van der Waals surface area contributed by atoms with Crippen LogP contribution in [0.4, 0.5) is 0 Å². The Bertz CT molecular complexity index is 657. The molecule has 2 rings (SSSR count).